The van der Waals surface area contributed by atoms with Crippen molar-refractivity contribution in [1.29, 1.82) is 0 Å². The van der Waals surface area contributed by atoms with Crippen molar-refractivity contribution in [3.8, 4) is 0 Å². The standard InChI is InChI=1S/C15H21N3O3/c1-11-12(5-4-8-14(11)18(20)21)9-16-10-15(19)17-13-6-2-3-7-13/h4-5,8,13,16H,2-3,6-7,9-10H2,1H3,(H,17,19). The lowest BCUT2D eigenvalue weighted by molar-refractivity contribution is -0.385. The predicted molar refractivity (Wildman–Crippen MR) is 79.9 cm³/mol. The van der Waals surface area contributed by atoms with E-state index in [1.54, 1.807) is 13.0 Å². The van der Waals surface area contributed by atoms with Gasteiger partial charge in [-0.05, 0) is 25.3 Å². The molecule has 1 fully saturated rings. The molecule has 6 heteroatoms. The van der Waals surface area contributed by atoms with Gasteiger partial charge in [0.15, 0.2) is 0 Å². The number of rotatable bonds is 6. The van der Waals surface area contributed by atoms with Crippen molar-refractivity contribution in [1.82, 2.24) is 10.6 Å². The van der Waals surface area contributed by atoms with Gasteiger partial charge in [0.2, 0.25) is 5.91 Å². The molecule has 1 amide bonds. The van der Waals surface area contributed by atoms with Gasteiger partial charge in [-0.25, -0.2) is 0 Å². The Hall–Kier alpha value is -1.95. The molecule has 0 spiro atoms. The van der Waals surface area contributed by atoms with Gasteiger partial charge in [0, 0.05) is 24.2 Å². The second kappa shape index (κ2) is 7.17. The third kappa shape index (κ3) is 4.26. The Morgan fingerprint density at radius 2 is 2.10 bits per heavy atom. The van der Waals surface area contributed by atoms with Crippen LogP contribution in [-0.4, -0.2) is 23.4 Å². The average molecular weight is 291 g/mol. The van der Waals surface area contributed by atoms with Crippen molar-refractivity contribution in [3.05, 3.63) is 39.4 Å². The smallest absolute Gasteiger partial charge is 0.272 e. The van der Waals surface area contributed by atoms with Crippen molar-refractivity contribution < 1.29 is 9.72 Å². The lowest BCUT2D eigenvalue weighted by Gasteiger charge is -2.12. The van der Waals surface area contributed by atoms with E-state index in [9.17, 15) is 14.9 Å². The van der Waals surface area contributed by atoms with Crippen LogP contribution in [0.3, 0.4) is 0 Å². The van der Waals surface area contributed by atoms with Gasteiger partial charge in [0.05, 0.1) is 11.5 Å². The lowest BCUT2D eigenvalue weighted by Crippen LogP contribution is -2.39. The predicted octanol–water partition coefficient (Wildman–Crippen LogP) is 2.05. The molecule has 1 aliphatic carbocycles. The maximum Gasteiger partial charge on any atom is 0.272 e. The van der Waals surface area contributed by atoms with Crippen molar-refractivity contribution in [2.45, 2.75) is 45.2 Å². The fraction of sp³-hybridized carbons (Fsp3) is 0.533. The highest BCUT2D eigenvalue weighted by molar-refractivity contribution is 5.78. The summed E-state index contributed by atoms with van der Waals surface area (Å²) in [5, 5.41) is 16.9. The van der Waals surface area contributed by atoms with E-state index in [0.29, 0.717) is 18.2 Å². The van der Waals surface area contributed by atoms with Crippen molar-refractivity contribution >= 4 is 11.6 Å². The molecular formula is C15H21N3O3. The van der Waals surface area contributed by atoms with Crippen LogP contribution < -0.4 is 10.6 Å². The molecule has 0 aliphatic heterocycles. The molecule has 1 saturated carbocycles. The fourth-order valence-electron chi connectivity index (χ4n) is 2.72. The van der Waals surface area contributed by atoms with E-state index in [1.807, 2.05) is 6.07 Å². The van der Waals surface area contributed by atoms with Crippen LogP contribution in [-0.2, 0) is 11.3 Å². The number of benzene rings is 1. The van der Waals surface area contributed by atoms with Crippen LogP contribution in [0.1, 0.15) is 36.8 Å². The molecule has 114 valence electrons. The number of hydrogen-bond donors (Lipinski definition) is 2. The first kappa shape index (κ1) is 15.4. The molecule has 2 N–H and O–H groups in total. The molecule has 1 aliphatic rings. The summed E-state index contributed by atoms with van der Waals surface area (Å²) in [7, 11) is 0. The Kier molecular flexibility index (Phi) is 5.27. The van der Waals surface area contributed by atoms with E-state index in [-0.39, 0.29) is 23.1 Å². The van der Waals surface area contributed by atoms with Gasteiger partial charge >= 0.3 is 0 Å². The van der Waals surface area contributed by atoms with Crippen molar-refractivity contribution in [2.24, 2.45) is 0 Å². The number of hydrogen-bond acceptors (Lipinski definition) is 4. The zero-order valence-corrected chi connectivity index (χ0v) is 12.2. The van der Waals surface area contributed by atoms with Gasteiger partial charge in [-0.1, -0.05) is 25.0 Å². The van der Waals surface area contributed by atoms with Crippen LogP contribution >= 0.6 is 0 Å². The molecule has 0 heterocycles. The van der Waals surface area contributed by atoms with Crippen LogP contribution in [0.2, 0.25) is 0 Å². The topological polar surface area (TPSA) is 84.3 Å². The fourth-order valence-corrected chi connectivity index (χ4v) is 2.72. The maximum atomic E-state index is 11.8. The Morgan fingerprint density at radius 3 is 2.76 bits per heavy atom. The van der Waals surface area contributed by atoms with Crippen LogP contribution in [0, 0.1) is 17.0 Å². The minimum atomic E-state index is -0.383. The third-order valence-corrected chi connectivity index (χ3v) is 3.94. The van der Waals surface area contributed by atoms with Gasteiger partial charge < -0.3 is 10.6 Å². The quantitative estimate of drug-likeness (QED) is 0.620. The number of nitrogens with one attached hydrogen (secondary N) is 2. The number of nitrogens with zero attached hydrogens (tertiary/aromatic N) is 1. The normalized spacial score (nSPS) is 15.1. The summed E-state index contributed by atoms with van der Waals surface area (Å²) >= 11 is 0. The molecule has 2 rings (SSSR count). The Labute approximate surface area is 124 Å². The molecule has 6 nitrogen and oxygen atoms in total. The van der Waals surface area contributed by atoms with E-state index in [4.69, 9.17) is 0 Å². The van der Waals surface area contributed by atoms with E-state index in [1.165, 1.54) is 18.9 Å². The van der Waals surface area contributed by atoms with E-state index < -0.39 is 0 Å². The summed E-state index contributed by atoms with van der Waals surface area (Å²) in [6.45, 7) is 2.41. The van der Waals surface area contributed by atoms with E-state index in [0.717, 1.165) is 18.4 Å². The lowest BCUT2D eigenvalue weighted by atomic mass is 10.1. The van der Waals surface area contributed by atoms with Gasteiger partial charge in [0.25, 0.3) is 5.69 Å². The minimum absolute atomic E-state index is 0.00927. The molecule has 0 atom stereocenters. The first-order valence-electron chi connectivity index (χ1n) is 7.31. The molecule has 1 aromatic rings. The Balaban J connectivity index is 1.81. The van der Waals surface area contributed by atoms with Crippen LogP contribution in [0.5, 0.6) is 0 Å². The highest BCUT2D eigenvalue weighted by Gasteiger charge is 2.17. The summed E-state index contributed by atoms with van der Waals surface area (Å²) in [6.07, 6.45) is 4.50. The zero-order chi connectivity index (χ0) is 15.2. The van der Waals surface area contributed by atoms with Gasteiger partial charge in [-0.2, -0.15) is 0 Å². The van der Waals surface area contributed by atoms with E-state index >= 15 is 0 Å². The summed E-state index contributed by atoms with van der Waals surface area (Å²) in [5.41, 5.74) is 1.61. The summed E-state index contributed by atoms with van der Waals surface area (Å²) < 4.78 is 0. The molecule has 0 bridgehead atoms. The van der Waals surface area contributed by atoms with E-state index in [2.05, 4.69) is 10.6 Å². The van der Waals surface area contributed by atoms with Crippen molar-refractivity contribution in [2.75, 3.05) is 6.54 Å². The summed E-state index contributed by atoms with van der Waals surface area (Å²) in [4.78, 5) is 22.3. The second-order valence-corrected chi connectivity index (χ2v) is 5.47. The zero-order valence-electron chi connectivity index (χ0n) is 12.2. The monoisotopic (exact) mass is 291 g/mol. The molecular weight excluding hydrogens is 270 g/mol. The molecule has 21 heavy (non-hydrogen) atoms. The number of nitro benzene ring substituents is 1. The molecule has 0 saturated heterocycles. The average Bonchev–Trinajstić information content (AvgIpc) is 2.93. The van der Waals surface area contributed by atoms with Gasteiger partial charge in [-0.3, -0.25) is 14.9 Å². The van der Waals surface area contributed by atoms with Crippen LogP contribution in [0.4, 0.5) is 5.69 Å². The number of nitro groups is 1. The molecule has 1 aromatic carbocycles. The Bertz CT molecular complexity index is 525. The first-order chi connectivity index (χ1) is 10.1. The maximum absolute atomic E-state index is 11.8. The number of carbonyl (C=O) groups is 1. The molecule has 0 radical (unpaired) electrons. The van der Waals surface area contributed by atoms with Crippen molar-refractivity contribution in [3.63, 3.8) is 0 Å². The minimum Gasteiger partial charge on any atom is -0.352 e. The van der Waals surface area contributed by atoms with Gasteiger partial charge in [-0.15, -0.1) is 0 Å². The third-order valence-electron chi connectivity index (χ3n) is 3.94. The Morgan fingerprint density at radius 1 is 1.38 bits per heavy atom. The SMILES string of the molecule is Cc1c(CNCC(=O)NC2CCCC2)cccc1[N+](=O)[O-]. The summed E-state index contributed by atoms with van der Waals surface area (Å²) in [6, 6.07) is 5.31. The van der Waals surface area contributed by atoms with Crippen LogP contribution in [0.15, 0.2) is 18.2 Å². The number of amides is 1. The summed E-state index contributed by atoms with van der Waals surface area (Å²) in [5.74, 6) is -0.00927. The highest BCUT2D eigenvalue weighted by atomic mass is 16.6. The molecule has 0 unspecified atom stereocenters. The van der Waals surface area contributed by atoms with Crippen LogP contribution in [0.25, 0.3) is 0 Å². The largest absolute Gasteiger partial charge is 0.352 e. The second-order valence-electron chi connectivity index (χ2n) is 5.47. The van der Waals surface area contributed by atoms with Gasteiger partial charge in [0.1, 0.15) is 0 Å². The highest BCUT2D eigenvalue weighted by Crippen LogP contribution is 2.20. The molecule has 0 aromatic heterocycles. The number of carbonyl (C=O) groups excluding carboxylic acids is 1. The first-order valence-corrected chi connectivity index (χ1v) is 7.31.